The number of aliphatic carboxylic acids is 1. The van der Waals surface area contributed by atoms with Crippen LogP contribution in [0.25, 0.3) is 0 Å². The molecule has 1 aromatic carbocycles. The van der Waals surface area contributed by atoms with E-state index >= 15 is 0 Å². The lowest BCUT2D eigenvalue weighted by molar-refractivity contribution is -0.132. The minimum atomic E-state index is -1.15. The molecule has 2 amide bonds. The van der Waals surface area contributed by atoms with Crippen molar-refractivity contribution < 1.29 is 24.0 Å². The first-order chi connectivity index (χ1) is 12.3. The Hall–Kier alpha value is -3.07. The number of thioether (sulfide) groups is 1. The van der Waals surface area contributed by atoms with Crippen molar-refractivity contribution in [3.05, 3.63) is 47.7 Å². The Balaban J connectivity index is 1.83. The molecule has 9 heteroatoms. The summed E-state index contributed by atoms with van der Waals surface area (Å²) in [5, 5.41) is 17.6. The van der Waals surface area contributed by atoms with Crippen LogP contribution in [0.4, 0.5) is 11.5 Å². The Morgan fingerprint density at radius 2 is 1.92 bits per heavy atom. The minimum absolute atomic E-state index is 0.0528. The molecule has 0 spiro atoms. The lowest BCUT2D eigenvalue weighted by atomic mass is 10.2. The van der Waals surface area contributed by atoms with Crippen LogP contribution in [0.2, 0.25) is 0 Å². The summed E-state index contributed by atoms with van der Waals surface area (Å²) in [6.45, 7) is 3.07. The van der Waals surface area contributed by atoms with Crippen LogP contribution in [0, 0.1) is 6.92 Å². The van der Waals surface area contributed by atoms with Gasteiger partial charge in [0.25, 0.3) is 0 Å². The molecule has 1 heterocycles. The summed E-state index contributed by atoms with van der Waals surface area (Å²) in [7, 11) is 0. The van der Waals surface area contributed by atoms with Crippen LogP contribution in [0.5, 0.6) is 0 Å². The molecule has 0 saturated carbocycles. The third-order valence-electron chi connectivity index (χ3n) is 3.07. The quantitative estimate of drug-likeness (QED) is 0.502. The number of hydrogen-bond donors (Lipinski definition) is 3. The van der Waals surface area contributed by atoms with E-state index in [9.17, 15) is 14.4 Å². The lowest BCUT2D eigenvalue weighted by Gasteiger charge is -2.05. The summed E-state index contributed by atoms with van der Waals surface area (Å²) in [4.78, 5) is 35.0. The Kier molecular flexibility index (Phi) is 6.56. The number of anilines is 2. The summed E-state index contributed by atoms with van der Waals surface area (Å²) in [5.41, 5.74) is 0.472. The zero-order valence-electron chi connectivity index (χ0n) is 14.1. The van der Waals surface area contributed by atoms with Gasteiger partial charge in [0.15, 0.2) is 5.82 Å². The van der Waals surface area contributed by atoms with E-state index < -0.39 is 11.9 Å². The Morgan fingerprint density at radius 1 is 1.23 bits per heavy atom. The number of nitrogens with one attached hydrogen (secondary N) is 2. The molecule has 26 heavy (non-hydrogen) atoms. The van der Waals surface area contributed by atoms with Gasteiger partial charge in [0.1, 0.15) is 5.76 Å². The zero-order valence-corrected chi connectivity index (χ0v) is 14.9. The van der Waals surface area contributed by atoms with Crippen LogP contribution in [-0.2, 0) is 14.4 Å². The SMILES string of the molecule is C/C(=C/C(=O)Nc1ccc(SCC(=O)Nc2cc(C)on2)cc1)C(=O)O. The fourth-order valence-electron chi connectivity index (χ4n) is 1.82. The molecule has 136 valence electrons. The highest BCUT2D eigenvalue weighted by atomic mass is 32.2. The average molecular weight is 375 g/mol. The number of hydrogen-bond acceptors (Lipinski definition) is 6. The fraction of sp³-hybridized carbons (Fsp3) is 0.176. The third-order valence-corrected chi connectivity index (χ3v) is 4.08. The molecule has 1 aromatic heterocycles. The van der Waals surface area contributed by atoms with Gasteiger partial charge < -0.3 is 20.3 Å². The number of rotatable bonds is 7. The maximum absolute atomic E-state index is 11.8. The molecular formula is C17H17N3O5S. The molecular weight excluding hydrogens is 358 g/mol. The number of nitrogens with zero attached hydrogens (tertiary/aromatic N) is 1. The predicted octanol–water partition coefficient (Wildman–Crippen LogP) is 2.68. The Labute approximate surface area is 153 Å². The van der Waals surface area contributed by atoms with Crippen molar-refractivity contribution >= 4 is 41.1 Å². The van der Waals surface area contributed by atoms with Crippen LogP contribution in [0.15, 0.2) is 51.4 Å². The van der Waals surface area contributed by atoms with Crippen LogP contribution in [0.1, 0.15) is 12.7 Å². The number of carbonyl (C=O) groups is 3. The van der Waals surface area contributed by atoms with Gasteiger partial charge in [-0.2, -0.15) is 0 Å². The lowest BCUT2D eigenvalue weighted by Crippen LogP contribution is -2.14. The summed E-state index contributed by atoms with van der Waals surface area (Å²) in [5.74, 6) is -0.707. The predicted molar refractivity (Wildman–Crippen MR) is 97.1 cm³/mol. The fourth-order valence-corrected chi connectivity index (χ4v) is 2.52. The van der Waals surface area contributed by atoms with Crippen molar-refractivity contribution in [2.75, 3.05) is 16.4 Å². The van der Waals surface area contributed by atoms with Crippen molar-refractivity contribution in [3.8, 4) is 0 Å². The third kappa shape index (κ3) is 6.10. The highest BCUT2D eigenvalue weighted by Crippen LogP contribution is 2.20. The first-order valence-electron chi connectivity index (χ1n) is 7.52. The molecule has 0 fully saturated rings. The molecule has 8 nitrogen and oxygen atoms in total. The van der Waals surface area contributed by atoms with Crippen molar-refractivity contribution in [1.82, 2.24) is 5.16 Å². The normalized spacial score (nSPS) is 11.1. The van der Waals surface area contributed by atoms with E-state index in [2.05, 4.69) is 15.8 Å². The van der Waals surface area contributed by atoms with E-state index in [-0.39, 0.29) is 17.2 Å². The van der Waals surface area contributed by atoms with E-state index in [1.165, 1.54) is 18.7 Å². The highest BCUT2D eigenvalue weighted by molar-refractivity contribution is 8.00. The van der Waals surface area contributed by atoms with Crippen LogP contribution < -0.4 is 10.6 Å². The maximum atomic E-state index is 11.8. The van der Waals surface area contributed by atoms with E-state index in [4.69, 9.17) is 9.63 Å². The van der Waals surface area contributed by atoms with E-state index in [1.54, 1.807) is 37.3 Å². The second-order valence-electron chi connectivity index (χ2n) is 5.31. The smallest absolute Gasteiger partial charge is 0.331 e. The van der Waals surface area contributed by atoms with E-state index in [0.29, 0.717) is 17.3 Å². The number of benzene rings is 1. The van der Waals surface area contributed by atoms with Crippen molar-refractivity contribution in [1.29, 1.82) is 0 Å². The molecule has 2 aromatic rings. The Morgan fingerprint density at radius 3 is 2.50 bits per heavy atom. The molecule has 2 rings (SSSR count). The summed E-state index contributed by atoms with van der Waals surface area (Å²) in [6, 6.07) is 8.47. The topological polar surface area (TPSA) is 122 Å². The summed E-state index contributed by atoms with van der Waals surface area (Å²) in [6.07, 6.45) is 1.01. The first kappa shape index (κ1) is 19.3. The van der Waals surface area contributed by atoms with Crippen LogP contribution in [0.3, 0.4) is 0 Å². The molecule has 0 saturated heterocycles. The number of carboxylic acid groups (broad SMARTS) is 1. The Bertz CT molecular complexity index is 842. The van der Waals surface area contributed by atoms with Gasteiger partial charge in [0.05, 0.1) is 5.75 Å². The second-order valence-corrected chi connectivity index (χ2v) is 6.35. The van der Waals surface area contributed by atoms with Gasteiger partial charge in [-0.25, -0.2) is 4.79 Å². The molecule has 0 unspecified atom stereocenters. The van der Waals surface area contributed by atoms with Gasteiger partial charge in [-0.1, -0.05) is 5.16 Å². The molecule has 0 aliphatic rings. The molecule has 0 bridgehead atoms. The number of carbonyl (C=O) groups excluding carboxylic acids is 2. The van der Waals surface area contributed by atoms with Gasteiger partial charge in [0, 0.05) is 28.3 Å². The number of aryl methyl sites for hydroxylation is 1. The van der Waals surface area contributed by atoms with Crippen LogP contribution >= 0.6 is 11.8 Å². The number of amides is 2. The molecule has 3 N–H and O–H groups in total. The van der Waals surface area contributed by atoms with Gasteiger partial charge in [-0.05, 0) is 38.1 Å². The molecule has 0 atom stereocenters. The monoisotopic (exact) mass is 375 g/mol. The van der Waals surface area contributed by atoms with Gasteiger partial charge in [0.2, 0.25) is 11.8 Å². The van der Waals surface area contributed by atoms with Gasteiger partial charge in [-0.3, -0.25) is 9.59 Å². The summed E-state index contributed by atoms with van der Waals surface area (Å²) < 4.78 is 4.87. The minimum Gasteiger partial charge on any atom is -0.478 e. The zero-order chi connectivity index (χ0) is 19.1. The molecule has 0 aliphatic heterocycles. The first-order valence-corrected chi connectivity index (χ1v) is 8.50. The number of aromatic nitrogens is 1. The van der Waals surface area contributed by atoms with Gasteiger partial charge in [-0.15, -0.1) is 11.8 Å². The van der Waals surface area contributed by atoms with E-state index in [0.717, 1.165) is 11.0 Å². The molecule has 0 radical (unpaired) electrons. The van der Waals surface area contributed by atoms with Crippen LogP contribution in [-0.4, -0.2) is 33.8 Å². The van der Waals surface area contributed by atoms with Crippen molar-refractivity contribution in [3.63, 3.8) is 0 Å². The maximum Gasteiger partial charge on any atom is 0.331 e. The van der Waals surface area contributed by atoms with E-state index in [1.807, 2.05) is 0 Å². The average Bonchev–Trinajstić information content (AvgIpc) is 2.98. The molecule has 0 aliphatic carbocycles. The second kappa shape index (κ2) is 8.86. The van der Waals surface area contributed by atoms with Gasteiger partial charge >= 0.3 is 5.97 Å². The van der Waals surface area contributed by atoms with Crippen molar-refractivity contribution in [2.45, 2.75) is 18.7 Å². The largest absolute Gasteiger partial charge is 0.478 e. The summed E-state index contributed by atoms with van der Waals surface area (Å²) >= 11 is 1.32. The standard InChI is InChI=1S/C17H17N3O5S/c1-10(17(23)24)7-15(21)18-12-3-5-13(6-4-12)26-9-16(22)19-14-8-11(2)25-20-14/h3-8H,9H2,1-2H3,(H,18,21)(H,23,24)(H,19,20,22)/b10-7-. The highest BCUT2D eigenvalue weighted by Gasteiger charge is 2.08. The number of carboxylic acids is 1. The van der Waals surface area contributed by atoms with Crippen molar-refractivity contribution in [2.24, 2.45) is 0 Å².